The molecule has 0 aliphatic heterocycles. The summed E-state index contributed by atoms with van der Waals surface area (Å²) in [7, 11) is 1.67. The number of benzene rings is 1. The number of aryl methyl sites for hydroxylation is 1. The predicted molar refractivity (Wildman–Crippen MR) is 153 cm³/mol. The van der Waals surface area contributed by atoms with Crippen LogP contribution in [-0.4, -0.2) is 43.3 Å². The van der Waals surface area contributed by atoms with E-state index < -0.39 is 0 Å². The van der Waals surface area contributed by atoms with Gasteiger partial charge in [-0.05, 0) is 74.2 Å². The Morgan fingerprint density at radius 1 is 0.974 bits per heavy atom. The standard InChI is InChI=1S/C30H31N7O2/c1-20-5-4-16-36(29(20)38)24-11-14-27(32-18-24)33-22-9-10-23(17-22)34-30-35-26-6-3-15-31-28(26)37(30)19-21-7-12-25(39-2)13-8-21/h3-8,11-16,18,22-23H,9-10,17,19H2,1-2H3,(H,32,33)(H,34,35)/t22-,23-/m0/s1. The Morgan fingerprint density at radius 3 is 2.56 bits per heavy atom. The first kappa shape index (κ1) is 24.7. The van der Waals surface area contributed by atoms with Crippen LogP contribution < -0.4 is 20.9 Å². The summed E-state index contributed by atoms with van der Waals surface area (Å²) in [4.78, 5) is 26.5. The molecule has 9 heteroatoms. The van der Waals surface area contributed by atoms with Crippen LogP contribution in [0.3, 0.4) is 0 Å². The average Bonchev–Trinajstić information content (AvgIpc) is 3.55. The van der Waals surface area contributed by atoms with Gasteiger partial charge in [0.25, 0.3) is 5.56 Å². The second-order valence-corrected chi connectivity index (χ2v) is 9.98. The Morgan fingerprint density at radius 2 is 1.79 bits per heavy atom. The van der Waals surface area contributed by atoms with Gasteiger partial charge in [0.2, 0.25) is 5.95 Å². The van der Waals surface area contributed by atoms with Gasteiger partial charge in [-0.3, -0.25) is 13.9 Å². The van der Waals surface area contributed by atoms with Gasteiger partial charge in [-0.2, -0.15) is 0 Å². The highest BCUT2D eigenvalue weighted by Gasteiger charge is 2.26. The third-order valence-corrected chi connectivity index (χ3v) is 7.28. The van der Waals surface area contributed by atoms with E-state index in [1.54, 1.807) is 30.3 Å². The van der Waals surface area contributed by atoms with Crippen molar-refractivity contribution in [2.24, 2.45) is 0 Å². The smallest absolute Gasteiger partial charge is 0.258 e. The van der Waals surface area contributed by atoms with Crippen molar-refractivity contribution in [1.29, 1.82) is 0 Å². The van der Waals surface area contributed by atoms with E-state index in [1.807, 2.05) is 55.5 Å². The van der Waals surface area contributed by atoms with Crippen molar-refractivity contribution in [3.63, 3.8) is 0 Å². The van der Waals surface area contributed by atoms with E-state index in [4.69, 9.17) is 9.72 Å². The van der Waals surface area contributed by atoms with Crippen LogP contribution in [0.1, 0.15) is 30.4 Å². The van der Waals surface area contributed by atoms with Crippen LogP contribution in [0.25, 0.3) is 16.9 Å². The molecule has 1 aliphatic carbocycles. The minimum atomic E-state index is -0.0297. The van der Waals surface area contributed by atoms with E-state index >= 15 is 0 Å². The van der Waals surface area contributed by atoms with Crippen molar-refractivity contribution < 1.29 is 4.74 Å². The minimum Gasteiger partial charge on any atom is -0.497 e. The quantitative estimate of drug-likeness (QED) is 0.303. The average molecular weight is 522 g/mol. The van der Waals surface area contributed by atoms with Crippen LogP contribution in [0.4, 0.5) is 11.8 Å². The van der Waals surface area contributed by atoms with Crippen molar-refractivity contribution in [2.45, 2.75) is 44.8 Å². The van der Waals surface area contributed by atoms with Crippen molar-refractivity contribution in [3.8, 4) is 11.4 Å². The molecule has 1 fully saturated rings. The van der Waals surface area contributed by atoms with Crippen LogP contribution in [0.15, 0.2) is 84.0 Å². The maximum Gasteiger partial charge on any atom is 0.258 e. The van der Waals surface area contributed by atoms with Gasteiger partial charge in [0.1, 0.15) is 17.1 Å². The van der Waals surface area contributed by atoms with E-state index in [-0.39, 0.29) is 11.6 Å². The summed E-state index contributed by atoms with van der Waals surface area (Å²) < 4.78 is 9.07. The minimum absolute atomic E-state index is 0.0297. The molecular formula is C30H31N7O2. The molecule has 1 aliphatic rings. The lowest BCUT2D eigenvalue weighted by molar-refractivity contribution is 0.414. The number of nitrogens with one attached hydrogen (secondary N) is 2. The van der Waals surface area contributed by atoms with Gasteiger partial charge in [-0.1, -0.05) is 18.2 Å². The highest BCUT2D eigenvalue weighted by molar-refractivity contribution is 5.74. The van der Waals surface area contributed by atoms with E-state index in [0.717, 1.165) is 59.2 Å². The third-order valence-electron chi connectivity index (χ3n) is 7.28. The van der Waals surface area contributed by atoms with Gasteiger partial charge in [-0.15, -0.1) is 0 Å². The number of hydrogen-bond acceptors (Lipinski definition) is 7. The number of hydrogen-bond donors (Lipinski definition) is 2. The molecule has 1 aromatic carbocycles. The summed E-state index contributed by atoms with van der Waals surface area (Å²) >= 11 is 0. The molecule has 0 unspecified atom stereocenters. The van der Waals surface area contributed by atoms with E-state index in [9.17, 15) is 4.79 Å². The molecule has 4 heterocycles. The Hall–Kier alpha value is -4.66. The van der Waals surface area contributed by atoms with Gasteiger partial charge < -0.3 is 15.4 Å². The number of pyridine rings is 3. The number of aromatic nitrogens is 5. The predicted octanol–water partition coefficient (Wildman–Crippen LogP) is 4.79. The van der Waals surface area contributed by atoms with Gasteiger partial charge in [0.05, 0.1) is 25.5 Å². The lowest BCUT2D eigenvalue weighted by Gasteiger charge is -2.17. The molecular weight excluding hydrogens is 490 g/mol. The number of methoxy groups -OCH3 is 1. The molecule has 0 spiro atoms. The van der Waals surface area contributed by atoms with Crippen LogP contribution in [0.5, 0.6) is 5.75 Å². The van der Waals surface area contributed by atoms with Crippen molar-refractivity contribution in [1.82, 2.24) is 24.1 Å². The van der Waals surface area contributed by atoms with Gasteiger partial charge in [0.15, 0.2) is 5.65 Å². The zero-order valence-corrected chi connectivity index (χ0v) is 22.0. The highest BCUT2D eigenvalue weighted by Crippen LogP contribution is 2.27. The molecule has 0 bridgehead atoms. The molecule has 2 atom stereocenters. The molecule has 1 saturated carbocycles. The van der Waals surface area contributed by atoms with Crippen LogP contribution in [-0.2, 0) is 6.54 Å². The molecule has 6 rings (SSSR count). The fourth-order valence-electron chi connectivity index (χ4n) is 5.19. The van der Waals surface area contributed by atoms with Gasteiger partial charge >= 0.3 is 0 Å². The first-order chi connectivity index (χ1) is 19.1. The van der Waals surface area contributed by atoms with Crippen LogP contribution >= 0.6 is 0 Å². The van der Waals surface area contributed by atoms with Crippen molar-refractivity contribution in [3.05, 3.63) is 101 Å². The van der Waals surface area contributed by atoms with Gasteiger partial charge in [0, 0.05) is 30.0 Å². The summed E-state index contributed by atoms with van der Waals surface area (Å²) in [6.07, 6.45) is 8.30. The third kappa shape index (κ3) is 5.20. The monoisotopic (exact) mass is 521 g/mol. The summed E-state index contributed by atoms with van der Waals surface area (Å²) in [5, 5.41) is 7.25. The second-order valence-electron chi connectivity index (χ2n) is 9.98. The fraction of sp³-hybridized carbons (Fsp3) is 0.267. The van der Waals surface area contributed by atoms with Crippen molar-refractivity contribution >= 4 is 22.9 Å². The summed E-state index contributed by atoms with van der Waals surface area (Å²) in [6, 6.07) is 20.1. The summed E-state index contributed by atoms with van der Waals surface area (Å²) in [5.74, 6) is 2.47. The lowest BCUT2D eigenvalue weighted by Crippen LogP contribution is -2.23. The number of fused-ring (bicyclic) bond motifs is 1. The van der Waals surface area contributed by atoms with E-state index in [1.165, 1.54) is 0 Å². The molecule has 0 saturated heterocycles. The number of anilines is 2. The van der Waals surface area contributed by atoms with Crippen molar-refractivity contribution in [2.75, 3.05) is 17.7 Å². The molecule has 0 amide bonds. The molecule has 2 N–H and O–H groups in total. The van der Waals surface area contributed by atoms with E-state index in [2.05, 4.69) is 37.3 Å². The van der Waals surface area contributed by atoms with E-state index in [0.29, 0.717) is 18.2 Å². The van der Waals surface area contributed by atoms with Gasteiger partial charge in [-0.25, -0.2) is 15.0 Å². The zero-order chi connectivity index (χ0) is 26.8. The molecule has 9 nitrogen and oxygen atoms in total. The highest BCUT2D eigenvalue weighted by atomic mass is 16.5. The first-order valence-electron chi connectivity index (χ1n) is 13.2. The zero-order valence-electron chi connectivity index (χ0n) is 22.0. The largest absolute Gasteiger partial charge is 0.497 e. The Bertz CT molecular complexity index is 1640. The Balaban J connectivity index is 1.14. The molecule has 198 valence electrons. The number of rotatable bonds is 8. The molecule has 5 aromatic rings. The number of nitrogens with zero attached hydrogens (tertiary/aromatic N) is 5. The number of imidazole rings is 1. The van der Waals surface area contributed by atoms with Crippen LogP contribution in [0.2, 0.25) is 0 Å². The molecule has 39 heavy (non-hydrogen) atoms. The molecule has 0 radical (unpaired) electrons. The maximum absolute atomic E-state index is 12.4. The maximum atomic E-state index is 12.4. The Kier molecular flexibility index (Phi) is 6.71. The second kappa shape index (κ2) is 10.6. The Labute approximate surface area is 226 Å². The lowest BCUT2D eigenvalue weighted by atomic mass is 10.2. The van der Waals surface area contributed by atoms with Crippen LogP contribution in [0, 0.1) is 6.92 Å². The SMILES string of the molecule is COc1ccc(Cn2c(N[C@H]3CC[C@H](Nc4ccc(-n5cccc(C)c5=O)cn4)C3)nc3cccnc32)cc1. The normalized spacial score (nSPS) is 16.9. The summed E-state index contributed by atoms with van der Waals surface area (Å²) in [6.45, 7) is 2.48. The molecule has 4 aromatic heterocycles. The fourth-order valence-corrected chi connectivity index (χ4v) is 5.19. The summed E-state index contributed by atoms with van der Waals surface area (Å²) in [5.41, 5.74) is 4.32. The number of ether oxygens (including phenoxy) is 1. The topological polar surface area (TPSA) is 98.9 Å². The first-order valence-corrected chi connectivity index (χ1v) is 13.2.